The quantitative estimate of drug-likeness (QED) is 0.833. The molecule has 1 unspecified atom stereocenters. The number of likely N-dealkylation sites (N-methyl/N-ethyl adjacent to an activating group) is 2. The number of aryl methyl sites for hydroxylation is 1. The number of nitrogens with one attached hydrogen (secondary N) is 1. The minimum absolute atomic E-state index is 0. The molecule has 21 heavy (non-hydrogen) atoms. The van der Waals surface area contributed by atoms with Gasteiger partial charge in [-0.1, -0.05) is 29.8 Å². The molecule has 0 heterocycles. The lowest BCUT2D eigenvalue weighted by atomic mass is 10.0. The average molecular weight is 314 g/mol. The lowest BCUT2D eigenvalue weighted by Gasteiger charge is -2.24. The standard InChI is InChI=1S/C15H23N3O2.ClH/c1-4-17-13(19)10-18(5-2)15(20)14(16)12-8-6-11(3)7-9-12;/h6-9,14H,4-5,10,16H2,1-3H3,(H,17,19);1H. The predicted molar refractivity (Wildman–Crippen MR) is 86.3 cm³/mol. The number of rotatable bonds is 6. The summed E-state index contributed by atoms with van der Waals surface area (Å²) >= 11 is 0. The first-order valence-corrected chi connectivity index (χ1v) is 6.87. The van der Waals surface area contributed by atoms with Crippen LogP contribution in [0.5, 0.6) is 0 Å². The number of amides is 2. The molecule has 2 amide bonds. The van der Waals surface area contributed by atoms with E-state index in [2.05, 4.69) is 5.32 Å². The molecule has 0 aliphatic heterocycles. The SMILES string of the molecule is CCNC(=O)CN(CC)C(=O)C(N)c1ccc(C)cc1.Cl. The van der Waals surface area contributed by atoms with Crippen molar-refractivity contribution >= 4 is 24.2 Å². The molecular weight excluding hydrogens is 290 g/mol. The molecule has 0 radical (unpaired) electrons. The van der Waals surface area contributed by atoms with E-state index in [9.17, 15) is 9.59 Å². The monoisotopic (exact) mass is 313 g/mol. The maximum atomic E-state index is 12.3. The van der Waals surface area contributed by atoms with Gasteiger partial charge in [0.15, 0.2) is 0 Å². The van der Waals surface area contributed by atoms with Gasteiger partial charge in [-0.3, -0.25) is 9.59 Å². The van der Waals surface area contributed by atoms with Crippen molar-refractivity contribution in [2.75, 3.05) is 19.6 Å². The smallest absolute Gasteiger partial charge is 0.244 e. The van der Waals surface area contributed by atoms with Gasteiger partial charge in [0.25, 0.3) is 0 Å². The van der Waals surface area contributed by atoms with Crippen molar-refractivity contribution < 1.29 is 9.59 Å². The molecule has 0 saturated heterocycles. The van der Waals surface area contributed by atoms with Gasteiger partial charge in [-0.25, -0.2) is 0 Å². The van der Waals surface area contributed by atoms with Crippen LogP contribution < -0.4 is 11.1 Å². The second-order valence-electron chi connectivity index (χ2n) is 4.69. The fourth-order valence-corrected chi connectivity index (χ4v) is 1.89. The van der Waals surface area contributed by atoms with Gasteiger partial charge in [-0.2, -0.15) is 0 Å². The molecule has 3 N–H and O–H groups in total. The summed E-state index contributed by atoms with van der Waals surface area (Å²) in [5, 5.41) is 2.68. The third-order valence-electron chi connectivity index (χ3n) is 3.10. The maximum absolute atomic E-state index is 12.3. The van der Waals surface area contributed by atoms with Crippen molar-refractivity contribution in [2.45, 2.75) is 26.8 Å². The van der Waals surface area contributed by atoms with E-state index >= 15 is 0 Å². The second kappa shape index (κ2) is 9.37. The number of halogens is 1. The van der Waals surface area contributed by atoms with E-state index in [1.807, 2.05) is 45.0 Å². The van der Waals surface area contributed by atoms with E-state index in [-0.39, 0.29) is 30.8 Å². The van der Waals surface area contributed by atoms with Crippen molar-refractivity contribution in [3.8, 4) is 0 Å². The Hall–Kier alpha value is -1.59. The molecule has 6 heteroatoms. The third-order valence-corrected chi connectivity index (χ3v) is 3.10. The van der Waals surface area contributed by atoms with Crippen LogP contribution in [0.2, 0.25) is 0 Å². The highest BCUT2D eigenvalue weighted by atomic mass is 35.5. The Morgan fingerprint density at radius 3 is 2.29 bits per heavy atom. The van der Waals surface area contributed by atoms with Gasteiger partial charge in [0.1, 0.15) is 6.04 Å². The van der Waals surface area contributed by atoms with E-state index in [0.717, 1.165) is 11.1 Å². The van der Waals surface area contributed by atoms with Crippen LogP contribution in [0.3, 0.4) is 0 Å². The summed E-state index contributed by atoms with van der Waals surface area (Å²) in [6.45, 7) is 6.70. The van der Waals surface area contributed by atoms with Crippen LogP contribution >= 0.6 is 12.4 Å². The molecular formula is C15H24ClN3O2. The van der Waals surface area contributed by atoms with Crippen molar-refractivity contribution in [3.05, 3.63) is 35.4 Å². The second-order valence-corrected chi connectivity index (χ2v) is 4.69. The first-order chi connectivity index (χ1) is 9.49. The lowest BCUT2D eigenvalue weighted by molar-refractivity contribution is -0.137. The Bertz CT molecular complexity index is 462. The van der Waals surface area contributed by atoms with E-state index in [1.165, 1.54) is 4.90 Å². The summed E-state index contributed by atoms with van der Waals surface area (Å²) in [5.74, 6) is -0.401. The van der Waals surface area contributed by atoms with Gasteiger partial charge in [-0.05, 0) is 26.3 Å². The number of nitrogens with two attached hydrogens (primary N) is 1. The Morgan fingerprint density at radius 2 is 1.81 bits per heavy atom. The summed E-state index contributed by atoms with van der Waals surface area (Å²) in [5.41, 5.74) is 7.86. The zero-order valence-electron chi connectivity index (χ0n) is 12.8. The van der Waals surface area contributed by atoms with Crippen molar-refractivity contribution in [1.29, 1.82) is 0 Å². The number of hydrogen-bond donors (Lipinski definition) is 2. The third kappa shape index (κ3) is 5.73. The van der Waals surface area contributed by atoms with E-state index < -0.39 is 6.04 Å². The highest BCUT2D eigenvalue weighted by molar-refractivity contribution is 5.88. The molecule has 5 nitrogen and oxygen atoms in total. The molecule has 1 rings (SSSR count). The fourth-order valence-electron chi connectivity index (χ4n) is 1.89. The molecule has 1 aromatic carbocycles. The van der Waals surface area contributed by atoms with Gasteiger partial charge in [0, 0.05) is 13.1 Å². The van der Waals surface area contributed by atoms with E-state index in [4.69, 9.17) is 5.73 Å². The average Bonchev–Trinajstić information content (AvgIpc) is 2.44. The molecule has 1 atom stereocenters. The van der Waals surface area contributed by atoms with Crippen LogP contribution in [0.25, 0.3) is 0 Å². The molecule has 0 aromatic heterocycles. The Labute approximate surface area is 132 Å². The highest BCUT2D eigenvalue weighted by Gasteiger charge is 2.22. The molecule has 0 bridgehead atoms. The lowest BCUT2D eigenvalue weighted by Crippen LogP contribution is -2.44. The van der Waals surface area contributed by atoms with Crippen molar-refractivity contribution in [3.63, 3.8) is 0 Å². The normalized spacial score (nSPS) is 11.2. The summed E-state index contributed by atoms with van der Waals surface area (Å²) in [7, 11) is 0. The molecule has 1 aromatic rings. The Balaban J connectivity index is 0.00000400. The van der Waals surface area contributed by atoms with Crippen molar-refractivity contribution in [2.24, 2.45) is 5.73 Å². The van der Waals surface area contributed by atoms with Gasteiger partial charge in [0.2, 0.25) is 11.8 Å². The molecule has 0 spiro atoms. The molecule has 0 saturated carbocycles. The topological polar surface area (TPSA) is 75.4 Å². The fraction of sp³-hybridized carbons (Fsp3) is 0.467. The van der Waals surface area contributed by atoms with E-state index in [1.54, 1.807) is 0 Å². The number of benzene rings is 1. The highest BCUT2D eigenvalue weighted by Crippen LogP contribution is 2.14. The molecule has 0 fully saturated rings. The van der Waals surface area contributed by atoms with Crippen LogP contribution in [0.15, 0.2) is 24.3 Å². The Morgan fingerprint density at radius 1 is 1.24 bits per heavy atom. The summed E-state index contributed by atoms with van der Waals surface area (Å²) in [6, 6.07) is 6.80. The van der Waals surface area contributed by atoms with Crippen LogP contribution in [-0.4, -0.2) is 36.3 Å². The zero-order valence-corrected chi connectivity index (χ0v) is 13.6. The van der Waals surface area contributed by atoms with E-state index in [0.29, 0.717) is 13.1 Å². The first kappa shape index (κ1) is 19.4. The zero-order chi connectivity index (χ0) is 15.1. The van der Waals surface area contributed by atoms with Crippen LogP contribution in [-0.2, 0) is 9.59 Å². The van der Waals surface area contributed by atoms with Crippen molar-refractivity contribution in [1.82, 2.24) is 10.2 Å². The summed E-state index contributed by atoms with van der Waals surface area (Å²) in [4.78, 5) is 25.4. The largest absolute Gasteiger partial charge is 0.355 e. The minimum Gasteiger partial charge on any atom is -0.355 e. The number of nitrogens with zero attached hydrogens (tertiary/aromatic N) is 1. The summed E-state index contributed by atoms with van der Waals surface area (Å²) in [6.07, 6.45) is 0. The molecule has 0 aliphatic carbocycles. The number of carbonyl (C=O) groups is 2. The van der Waals surface area contributed by atoms with Crippen LogP contribution in [0.4, 0.5) is 0 Å². The number of carbonyl (C=O) groups excluding carboxylic acids is 2. The summed E-state index contributed by atoms with van der Waals surface area (Å²) < 4.78 is 0. The molecule has 0 aliphatic rings. The van der Waals surface area contributed by atoms with Gasteiger partial charge in [-0.15, -0.1) is 12.4 Å². The minimum atomic E-state index is -0.732. The maximum Gasteiger partial charge on any atom is 0.244 e. The van der Waals surface area contributed by atoms with Gasteiger partial charge in [0.05, 0.1) is 6.54 Å². The van der Waals surface area contributed by atoms with Gasteiger partial charge < -0.3 is 16.0 Å². The van der Waals surface area contributed by atoms with Gasteiger partial charge >= 0.3 is 0 Å². The Kier molecular flexibility index (Phi) is 8.66. The molecule has 118 valence electrons. The van der Waals surface area contributed by atoms with Crippen LogP contribution in [0, 0.1) is 6.92 Å². The first-order valence-electron chi connectivity index (χ1n) is 6.87. The predicted octanol–water partition coefficient (Wildman–Crippen LogP) is 1.40. The number of hydrogen-bond acceptors (Lipinski definition) is 3. The van der Waals surface area contributed by atoms with Crippen LogP contribution in [0.1, 0.15) is 31.0 Å².